The van der Waals surface area contributed by atoms with Gasteiger partial charge in [-0.05, 0) is 37.2 Å². The van der Waals surface area contributed by atoms with Gasteiger partial charge in [0.15, 0.2) is 11.6 Å². The summed E-state index contributed by atoms with van der Waals surface area (Å²) in [5.41, 5.74) is 0.314. The van der Waals surface area contributed by atoms with Crippen molar-refractivity contribution in [3.8, 4) is 0 Å². The minimum absolute atomic E-state index is 0.00543. The van der Waals surface area contributed by atoms with Gasteiger partial charge in [0.25, 0.3) is 0 Å². The smallest absolute Gasteiger partial charge is 0.164 e. The van der Waals surface area contributed by atoms with Gasteiger partial charge < -0.3 is 9.84 Å². The van der Waals surface area contributed by atoms with Crippen molar-refractivity contribution in [3.05, 3.63) is 35.4 Å². The van der Waals surface area contributed by atoms with E-state index >= 15 is 0 Å². The van der Waals surface area contributed by atoms with Crippen LogP contribution in [0.1, 0.15) is 51.2 Å². The monoisotopic (exact) mass is 284 g/mol. The molecule has 1 aromatic carbocycles. The van der Waals surface area contributed by atoms with Crippen LogP contribution in [0.3, 0.4) is 0 Å². The maximum absolute atomic E-state index is 13.5. The number of ether oxygens (including phenoxy) is 1. The quantitative estimate of drug-likeness (QED) is 0.906. The number of aliphatic hydroxyl groups excluding tert-OH is 1. The topological polar surface area (TPSA) is 29.5 Å². The van der Waals surface area contributed by atoms with Gasteiger partial charge in [-0.25, -0.2) is 8.78 Å². The van der Waals surface area contributed by atoms with Crippen LogP contribution in [0.15, 0.2) is 18.2 Å². The highest BCUT2D eigenvalue weighted by molar-refractivity contribution is 5.21. The molecule has 1 saturated carbocycles. The normalized spacial score (nSPS) is 20.9. The van der Waals surface area contributed by atoms with Crippen LogP contribution in [0, 0.1) is 17.0 Å². The fourth-order valence-corrected chi connectivity index (χ4v) is 2.63. The molecular weight excluding hydrogens is 262 g/mol. The van der Waals surface area contributed by atoms with E-state index in [1.807, 2.05) is 0 Å². The van der Waals surface area contributed by atoms with Crippen LogP contribution in [-0.4, -0.2) is 17.8 Å². The maximum Gasteiger partial charge on any atom is 0.164 e. The Morgan fingerprint density at radius 1 is 1.30 bits per heavy atom. The fraction of sp³-hybridized carbons (Fsp3) is 0.625. The lowest BCUT2D eigenvalue weighted by molar-refractivity contribution is -0.0389. The highest BCUT2D eigenvalue weighted by atomic mass is 19.2. The van der Waals surface area contributed by atoms with E-state index < -0.39 is 17.7 Å². The summed E-state index contributed by atoms with van der Waals surface area (Å²) in [4.78, 5) is 0. The molecule has 0 bridgehead atoms. The molecule has 0 radical (unpaired) electrons. The first kappa shape index (κ1) is 15.4. The van der Waals surface area contributed by atoms with E-state index in [4.69, 9.17) is 4.74 Å². The number of benzene rings is 1. The van der Waals surface area contributed by atoms with Crippen molar-refractivity contribution in [2.24, 2.45) is 5.41 Å². The molecule has 1 unspecified atom stereocenters. The third kappa shape index (κ3) is 3.76. The van der Waals surface area contributed by atoms with Crippen LogP contribution in [-0.2, 0) is 4.74 Å². The van der Waals surface area contributed by atoms with Gasteiger partial charge in [0.05, 0.1) is 12.7 Å². The second kappa shape index (κ2) is 6.19. The van der Waals surface area contributed by atoms with Crippen molar-refractivity contribution in [1.29, 1.82) is 0 Å². The van der Waals surface area contributed by atoms with E-state index in [0.717, 1.165) is 31.7 Å². The predicted molar refractivity (Wildman–Crippen MR) is 73.3 cm³/mol. The molecule has 20 heavy (non-hydrogen) atoms. The van der Waals surface area contributed by atoms with Crippen LogP contribution in [0.25, 0.3) is 0 Å². The van der Waals surface area contributed by atoms with Crippen molar-refractivity contribution in [2.75, 3.05) is 6.61 Å². The van der Waals surface area contributed by atoms with Crippen molar-refractivity contribution in [1.82, 2.24) is 0 Å². The lowest BCUT2D eigenvalue weighted by atomic mass is 9.76. The molecule has 0 heterocycles. The van der Waals surface area contributed by atoms with E-state index in [2.05, 4.69) is 13.8 Å². The van der Waals surface area contributed by atoms with Crippen LogP contribution in [0.2, 0.25) is 0 Å². The zero-order chi connectivity index (χ0) is 14.8. The second-order valence-corrected chi connectivity index (χ2v) is 6.36. The Labute approximate surface area is 118 Å². The van der Waals surface area contributed by atoms with Gasteiger partial charge in [-0.3, -0.25) is 0 Å². The van der Waals surface area contributed by atoms with Gasteiger partial charge in [0.2, 0.25) is 0 Å². The molecule has 0 saturated heterocycles. The second-order valence-electron chi connectivity index (χ2n) is 6.36. The van der Waals surface area contributed by atoms with Gasteiger partial charge >= 0.3 is 0 Å². The first-order valence-corrected chi connectivity index (χ1v) is 7.13. The number of rotatable bonds is 4. The molecule has 1 fully saturated rings. The summed E-state index contributed by atoms with van der Waals surface area (Å²) in [6.45, 7) is 4.48. The van der Waals surface area contributed by atoms with E-state index in [1.165, 1.54) is 12.1 Å². The molecular formula is C16H22F2O2. The number of hydrogen-bond donors (Lipinski definition) is 1. The number of halogens is 2. The van der Waals surface area contributed by atoms with Crippen LogP contribution >= 0.6 is 0 Å². The fourth-order valence-electron chi connectivity index (χ4n) is 2.63. The number of aliphatic hydroxyl groups is 1. The van der Waals surface area contributed by atoms with E-state index in [1.54, 1.807) is 0 Å². The first-order valence-electron chi connectivity index (χ1n) is 7.13. The third-order valence-electron chi connectivity index (χ3n) is 4.12. The van der Waals surface area contributed by atoms with E-state index in [0.29, 0.717) is 5.41 Å². The Balaban J connectivity index is 1.87. The molecule has 1 aliphatic carbocycles. The SMILES string of the molecule is CC1(C)CCC(OCC(O)c2cccc(F)c2F)CC1. The predicted octanol–water partition coefficient (Wildman–Crippen LogP) is 3.98. The molecule has 1 N–H and O–H groups in total. The summed E-state index contributed by atoms with van der Waals surface area (Å²) in [6.07, 6.45) is 3.05. The zero-order valence-electron chi connectivity index (χ0n) is 12.0. The summed E-state index contributed by atoms with van der Waals surface area (Å²) in [7, 11) is 0. The van der Waals surface area contributed by atoms with Gasteiger partial charge in [-0.1, -0.05) is 26.0 Å². The van der Waals surface area contributed by atoms with Crippen molar-refractivity contribution >= 4 is 0 Å². The van der Waals surface area contributed by atoms with Gasteiger partial charge in [0, 0.05) is 5.56 Å². The Kier molecular flexibility index (Phi) is 4.76. The molecule has 0 aromatic heterocycles. The summed E-state index contributed by atoms with van der Waals surface area (Å²) in [5, 5.41) is 9.93. The lowest BCUT2D eigenvalue weighted by Gasteiger charge is -2.34. The minimum atomic E-state index is -1.12. The van der Waals surface area contributed by atoms with Crippen molar-refractivity contribution in [3.63, 3.8) is 0 Å². The molecule has 112 valence electrons. The largest absolute Gasteiger partial charge is 0.386 e. The Hall–Kier alpha value is -1.00. The molecule has 2 nitrogen and oxygen atoms in total. The molecule has 4 heteroatoms. The van der Waals surface area contributed by atoms with Crippen molar-refractivity contribution in [2.45, 2.75) is 51.7 Å². The van der Waals surface area contributed by atoms with Crippen molar-refractivity contribution < 1.29 is 18.6 Å². The Bertz CT molecular complexity index is 450. The number of hydrogen-bond acceptors (Lipinski definition) is 2. The first-order chi connectivity index (χ1) is 9.39. The lowest BCUT2D eigenvalue weighted by Crippen LogP contribution is -2.27. The Morgan fingerprint density at radius 2 is 1.95 bits per heavy atom. The molecule has 0 spiro atoms. The molecule has 1 aromatic rings. The average molecular weight is 284 g/mol. The molecule has 2 rings (SSSR count). The minimum Gasteiger partial charge on any atom is -0.386 e. The standard InChI is InChI=1S/C16H22F2O2/c1-16(2)8-6-11(7-9-16)20-10-14(19)12-4-3-5-13(17)15(12)18/h3-5,11,14,19H,6-10H2,1-2H3. The molecule has 1 atom stereocenters. The van der Waals surface area contributed by atoms with Gasteiger partial charge in [-0.2, -0.15) is 0 Å². The maximum atomic E-state index is 13.5. The summed E-state index contributed by atoms with van der Waals surface area (Å²) >= 11 is 0. The summed E-state index contributed by atoms with van der Waals surface area (Å²) < 4.78 is 32.3. The highest BCUT2D eigenvalue weighted by Crippen LogP contribution is 2.36. The van der Waals surface area contributed by atoms with Crippen LogP contribution in [0.5, 0.6) is 0 Å². The van der Waals surface area contributed by atoms with Gasteiger partial charge in [0.1, 0.15) is 6.10 Å². The Morgan fingerprint density at radius 3 is 2.60 bits per heavy atom. The summed E-state index contributed by atoms with van der Waals surface area (Å²) in [5.74, 6) is -1.94. The van der Waals surface area contributed by atoms with E-state index in [9.17, 15) is 13.9 Å². The molecule has 0 amide bonds. The van der Waals surface area contributed by atoms with Crippen LogP contribution < -0.4 is 0 Å². The van der Waals surface area contributed by atoms with E-state index in [-0.39, 0.29) is 18.3 Å². The summed E-state index contributed by atoms with van der Waals surface area (Å²) in [6, 6.07) is 3.81. The van der Waals surface area contributed by atoms with Gasteiger partial charge in [-0.15, -0.1) is 0 Å². The molecule has 0 aliphatic heterocycles. The average Bonchev–Trinajstić information content (AvgIpc) is 2.40. The zero-order valence-corrected chi connectivity index (χ0v) is 12.0. The molecule has 1 aliphatic rings. The highest BCUT2D eigenvalue weighted by Gasteiger charge is 2.28. The third-order valence-corrected chi connectivity index (χ3v) is 4.12. The van der Waals surface area contributed by atoms with Crippen LogP contribution in [0.4, 0.5) is 8.78 Å².